The third-order valence-corrected chi connectivity index (χ3v) is 8.87. The lowest BCUT2D eigenvalue weighted by Crippen LogP contribution is -2.56. The molecule has 6 rings (SSSR count). The number of fused-ring (bicyclic) bond motifs is 1. The highest BCUT2D eigenvalue weighted by molar-refractivity contribution is 6.07. The zero-order valence-corrected chi connectivity index (χ0v) is 25.5. The number of carbonyl (C=O) groups excluding carboxylic acids is 3. The maximum atomic E-state index is 14.4. The lowest BCUT2D eigenvalue weighted by atomic mass is 9.80. The van der Waals surface area contributed by atoms with E-state index in [0.717, 1.165) is 12.1 Å². The molecule has 2 aromatic carbocycles. The number of nitrogens with zero attached hydrogens (tertiary/aromatic N) is 5. The minimum absolute atomic E-state index is 0.00719. The van der Waals surface area contributed by atoms with Crippen molar-refractivity contribution in [3.63, 3.8) is 0 Å². The predicted molar refractivity (Wildman–Crippen MR) is 160 cm³/mol. The summed E-state index contributed by atoms with van der Waals surface area (Å²) in [7, 11) is 0. The number of nitriles is 1. The van der Waals surface area contributed by atoms with Crippen LogP contribution in [0.1, 0.15) is 82.1 Å². The van der Waals surface area contributed by atoms with Gasteiger partial charge in [0.15, 0.2) is 5.69 Å². The standard InChI is InChI=1S/C33H32F4N6O4/c1-2-41-30-26(28(32(46)42(15-14-38)23-10-11-23)40-43(30)24-12-16-47-17-13-24)25(19-6-8-22(34)9-7-19)27(31(41)45)39-29(44)20-4-3-5-21(18-20)33(35,36)37/h3-9,18,23-25,27H,2,10-13,15-17H2,1H3,(H,39,44)/t25-,27-/m0/s1. The molecule has 2 atom stereocenters. The Bertz CT molecular complexity index is 1720. The maximum absolute atomic E-state index is 14.4. The van der Waals surface area contributed by atoms with Crippen LogP contribution in [-0.2, 0) is 15.7 Å². The van der Waals surface area contributed by atoms with Gasteiger partial charge in [-0.3, -0.25) is 19.3 Å². The quantitative estimate of drug-likeness (QED) is 0.275. The summed E-state index contributed by atoms with van der Waals surface area (Å²) in [5.74, 6) is -3.31. The Morgan fingerprint density at radius 2 is 1.81 bits per heavy atom. The summed E-state index contributed by atoms with van der Waals surface area (Å²) >= 11 is 0. The van der Waals surface area contributed by atoms with E-state index < -0.39 is 47.2 Å². The third kappa shape index (κ3) is 6.19. The molecule has 3 amide bonds. The van der Waals surface area contributed by atoms with Crippen LogP contribution in [0.25, 0.3) is 0 Å². The van der Waals surface area contributed by atoms with Gasteiger partial charge >= 0.3 is 6.18 Å². The first-order chi connectivity index (χ1) is 22.5. The molecule has 1 N–H and O–H groups in total. The van der Waals surface area contributed by atoms with Crippen LogP contribution < -0.4 is 10.2 Å². The van der Waals surface area contributed by atoms with Crippen molar-refractivity contribution in [1.82, 2.24) is 20.0 Å². The molecule has 1 aromatic heterocycles. The number of amides is 3. The SMILES string of the molecule is CCN1C(=O)[C@@H](NC(=O)c2cccc(C(F)(F)F)c2)[C@@H](c2ccc(F)cc2)c2c(C(=O)N(CC#N)C3CC3)nn(C3CCOCC3)c21. The van der Waals surface area contributed by atoms with Crippen LogP contribution in [0.4, 0.5) is 23.4 Å². The third-order valence-electron chi connectivity index (χ3n) is 8.87. The molecule has 3 heterocycles. The average molecular weight is 653 g/mol. The number of alkyl halides is 3. The predicted octanol–water partition coefficient (Wildman–Crippen LogP) is 4.82. The molecule has 1 aliphatic carbocycles. The molecule has 3 aliphatic rings. The van der Waals surface area contributed by atoms with Crippen LogP contribution in [0.5, 0.6) is 0 Å². The molecule has 0 spiro atoms. The van der Waals surface area contributed by atoms with Crippen molar-refractivity contribution in [2.45, 2.75) is 62.8 Å². The van der Waals surface area contributed by atoms with Crippen molar-refractivity contribution in [1.29, 1.82) is 5.26 Å². The Hall–Kier alpha value is -4.77. The second kappa shape index (κ2) is 12.8. The van der Waals surface area contributed by atoms with Crippen LogP contribution in [0.15, 0.2) is 48.5 Å². The highest BCUT2D eigenvalue weighted by Crippen LogP contribution is 2.45. The van der Waals surface area contributed by atoms with Gasteiger partial charge in [-0.1, -0.05) is 18.2 Å². The molecule has 3 aromatic rings. The first-order valence-electron chi connectivity index (χ1n) is 15.5. The van der Waals surface area contributed by atoms with E-state index in [1.165, 1.54) is 40.1 Å². The second-order valence-electron chi connectivity index (χ2n) is 11.8. The van der Waals surface area contributed by atoms with Gasteiger partial charge < -0.3 is 15.0 Å². The van der Waals surface area contributed by atoms with Crippen molar-refractivity contribution < 1.29 is 36.7 Å². The number of carbonyl (C=O) groups is 3. The van der Waals surface area contributed by atoms with Crippen LogP contribution >= 0.6 is 0 Å². The van der Waals surface area contributed by atoms with Crippen molar-refractivity contribution >= 4 is 23.5 Å². The van der Waals surface area contributed by atoms with Gasteiger partial charge in [0, 0.05) is 42.8 Å². The van der Waals surface area contributed by atoms with Gasteiger partial charge in [-0.05, 0) is 68.5 Å². The molecule has 14 heteroatoms. The smallest absolute Gasteiger partial charge is 0.381 e. The van der Waals surface area contributed by atoms with Crippen molar-refractivity contribution in [2.24, 2.45) is 0 Å². The van der Waals surface area contributed by atoms with Crippen LogP contribution in [0.2, 0.25) is 0 Å². The lowest BCUT2D eigenvalue weighted by Gasteiger charge is -2.39. The zero-order chi connectivity index (χ0) is 33.5. The number of hydrogen-bond donors (Lipinski definition) is 1. The summed E-state index contributed by atoms with van der Waals surface area (Å²) in [6, 6.07) is 9.36. The van der Waals surface area contributed by atoms with Gasteiger partial charge in [0.25, 0.3) is 17.7 Å². The molecule has 1 saturated carbocycles. The van der Waals surface area contributed by atoms with Crippen molar-refractivity contribution in [2.75, 3.05) is 31.2 Å². The van der Waals surface area contributed by atoms with E-state index in [0.29, 0.717) is 61.9 Å². The summed E-state index contributed by atoms with van der Waals surface area (Å²) in [5.41, 5.74) is -0.664. The van der Waals surface area contributed by atoms with E-state index in [1.54, 1.807) is 11.6 Å². The van der Waals surface area contributed by atoms with E-state index in [-0.39, 0.29) is 36.4 Å². The zero-order valence-electron chi connectivity index (χ0n) is 25.5. The molecule has 10 nitrogen and oxygen atoms in total. The number of halogens is 4. The molecule has 1 saturated heterocycles. The van der Waals surface area contributed by atoms with Gasteiger partial charge in [0.1, 0.15) is 24.2 Å². The van der Waals surface area contributed by atoms with Crippen molar-refractivity contribution in [3.8, 4) is 6.07 Å². The average Bonchev–Trinajstić information content (AvgIpc) is 3.84. The fourth-order valence-electron chi connectivity index (χ4n) is 6.42. The number of nitrogens with one attached hydrogen (secondary N) is 1. The Kier molecular flexibility index (Phi) is 8.76. The topological polar surface area (TPSA) is 121 Å². The van der Waals surface area contributed by atoms with Gasteiger partial charge in [-0.15, -0.1) is 0 Å². The van der Waals surface area contributed by atoms with Crippen LogP contribution in [-0.4, -0.2) is 70.8 Å². The van der Waals surface area contributed by atoms with Crippen LogP contribution in [0, 0.1) is 17.1 Å². The number of hydrogen-bond acceptors (Lipinski definition) is 6. The van der Waals surface area contributed by atoms with E-state index in [9.17, 15) is 37.2 Å². The molecule has 2 aliphatic heterocycles. The minimum Gasteiger partial charge on any atom is -0.381 e. The molecule has 246 valence electrons. The van der Waals surface area contributed by atoms with Gasteiger partial charge in [-0.25, -0.2) is 9.07 Å². The van der Waals surface area contributed by atoms with Gasteiger partial charge in [0.05, 0.1) is 17.7 Å². The summed E-state index contributed by atoms with van der Waals surface area (Å²) in [5, 5.41) is 17.0. The highest BCUT2D eigenvalue weighted by Gasteiger charge is 2.49. The Morgan fingerprint density at radius 1 is 1.11 bits per heavy atom. The Labute approximate surface area is 267 Å². The first kappa shape index (κ1) is 32.2. The fraction of sp³-hybridized carbons (Fsp3) is 0.424. The number of anilines is 1. The van der Waals surface area contributed by atoms with Crippen LogP contribution in [0.3, 0.4) is 0 Å². The first-order valence-corrected chi connectivity index (χ1v) is 15.5. The lowest BCUT2D eigenvalue weighted by molar-refractivity contribution is -0.137. The number of likely N-dealkylation sites (N-methyl/N-ethyl adjacent to an activating group) is 1. The van der Waals surface area contributed by atoms with Gasteiger partial charge in [0.2, 0.25) is 0 Å². The molecular weight excluding hydrogens is 620 g/mol. The monoisotopic (exact) mass is 652 g/mol. The molecule has 0 bridgehead atoms. The molecule has 2 fully saturated rings. The normalized spacial score (nSPS) is 20.0. The number of benzene rings is 2. The highest BCUT2D eigenvalue weighted by atomic mass is 19.4. The van der Waals surface area contributed by atoms with E-state index in [4.69, 9.17) is 9.84 Å². The molecule has 0 unspecified atom stereocenters. The van der Waals surface area contributed by atoms with Gasteiger partial charge in [-0.2, -0.15) is 23.5 Å². The fourth-order valence-corrected chi connectivity index (χ4v) is 6.42. The Balaban J connectivity index is 1.53. The summed E-state index contributed by atoms with van der Waals surface area (Å²) in [6.45, 7) is 2.52. The second-order valence-corrected chi connectivity index (χ2v) is 11.8. The summed E-state index contributed by atoms with van der Waals surface area (Å²) in [4.78, 5) is 45.1. The van der Waals surface area contributed by atoms with E-state index in [2.05, 4.69) is 5.32 Å². The minimum atomic E-state index is -4.70. The van der Waals surface area contributed by atoms with Crippen molar-refractivity contribution in [3.05, 3.63) is 82.3 Å². The summed E-state index contributed by atoms with van der Waals surface area (Å²) in [6.07, 6.45) is -2.17. The molecule has 47 heavy (non-hydrogen) atoms. The number of ether oxygens (including phenoxy) is 1. The van der Waals surface area contributed by atoms with E-state index >= 15 is 0 Å². The maximum Gasteiger partial charge on any atom is 0.416 e. The number of rotatable bonds is 8. The number of aromatic nitrogens is 2. The molecular formula is C33H32F4N6O4. The Morgan fingerprint density at radius 3 is 2.43 bits per heavy atom. The van der Waals surface area contributed by atoms with E-state index in [1.807, 2.05) is 6.07 Å². The molecule has 0 radical (unpaired) electrons. The largest absolute Gasteiger partial charge is 0.416 e. The summed E-state index contributed by atoms with van der Waals surface area (Å²) < 4.78 is 61.9.